The normalized spacial score (nSPS) is 11.3. The highest BCUT2D eigenvalue weighted by atomic mass is 16.7. The van der Waals surface area contributed by atoms with E-state index in [4.69, 9.17) is 9.57 Å². The molecule has 126 valence electrons. The zero-order valence-corrected chi connectivity index (χ0v) is 14.2. The van der Waals surface area contributed by atoms with Gasteiger partial charge in [-0.1, -0.05) is 44.6 Å². The summed E-state index contributed by atoms with van der Waals surface area (Å²) in [6, 6.07) is 5.07. The highest BCUT2D eigenvalue weighted by molar-refractivity contribution is 5.91. The number of carbonyl (C=O) groups excluding carboxylic acids is 2. The predicted molar refractivity (Wildman–Crippen MR) is 87.6 cm³/mol. The van der Waals surface area contributed by atoms with E-state index in [0.29, 0.717) is 16.9 Å². The predicted octanol–water partition coefficient (Wildman–Crippen LogP) is 2.69. The standard InChI is InChI=1S/C17H24N2O4/c1-12-13(8-6-9-14(12)22-5)16(21)23-19-18-15(20)10-7-11-17(2,3)4/h6-9,11,19H,10H2,1-5H3,(H,18,20). The number of rotatable bonds is 6. The van der Waals surface area contributed by atoms with Crippen molar-refractivity contribution in [3.63, 3.8) is 0 Å². The second-order valence-electron chi connectivity index (χ2n) is 6.15. The van der Waals surface area contributed by atoms with Gasteiger partial charge in [0, 0.05) is 12.0 Å². The van der Waals surface area contributed by atoms with Crippen LogP contribution >= 0.6 is 0 Å². The van der Waals surface area contributed by atoms with Gasteiger partial charge in [0.25, 0.3) is 0 Å². The van der Waals surface area contributed by atoms with Crippen molar-refractivity contribution in [1.82, 2.24) is 11.0 Å². The van der Waals surface area contributed by atoms with Gasteiger partial charge in [-0.3, -0.25) is 10.2 Å². The maximum absolute atomic E-state index is 12.0. The van der Waals surface area contributed by atoms with E-state index in [0.717, 1.165) is 0 Å². The molecule has 0 bridgehead atoms. The van der Waals surface area contributed by atoms with Crippen LogP contribution in [0.25, 0.3) is 0 Å². The van der Waals surface area contributed by atoms with E-state index in [9.17, 15) is 9.59 Å². The Kier molecular flexibility index (Phi) is 6.78. The average Bonchev–Trinajstić information content (AvgIpc) is 2.46. The lowest BCUT2D eigenvalue weighted by Crippen LogP contribution is -2.38. The number of hydrogen-bond acceptors (Lipinski definition) is 5. The summed E-state index contributed by atoms with van der Waals surface area (Å²) < 4.78 is 5.14. The molecule has 0 saturated heterocycles. The first kappa shape index (κ1) is 18.7. The maximum Gasteiger partial charge on any atom is 0.358 e. The molecule has 23 heavy (non-hydrogen) atoms. The number of hydrogen-bond donors (Lipinski definition) is 2. The Labute approximate surface area is 136 Å². The second-order valence-corrected chi connectivity index (χ2v) is 6.15. The van der Waals surface area contributed by atoms with Crippen LogP contribution in [0.15, 0.2) is 30.4 Å². The van der Waals surface area contributed by atoms with E-state index in [2.05, 4.69) is 11.0 Å². The van der Waals surface area contributed by atoms with E-state index < -0.39 is 5.97 Å². The first-order valence-corrected chi connectivity index (χ1v) is 7.31. The maximum atomic E-state index is 12.0. The summed E-state index contributed by atoms with van der Waals surface area (Å²) in [5, 5.41) is 0. The van der Waals surface area contributed by atoms with E-state index in [1.54, 1.807) is 31.2 Å². The zero-order valence-electron chi connectivity index (χ0n) is 14.2. The Morgan fingerprint density at radius 1 is 1.26 bits per heavy atom. The summed E-state index contributed by atoms with van der Waals surface area (Å²) in [7, 11) is 1.53. The summed E-state index contributed by atoms with van der Waals surface area (Å²) in [5.74, 6) is -0.316. The van der Waals surface area contributed by atoms with Crippen LogP contribution in [0.1, 0.15) is 43.1 Å². The first-order valence-electron chi connectivity index (χ1n) is 7.31. The van der Waals surface area contributed by atoms with Crippen LogP contribution in [0.5, 0.6) is 5.75 Å². The highest BCUT2D eigenvalue weighted by Gasteiger charge is 2.14. The lowest BCUT2D eigenvalue weighted by molar-refractivity contribution is -0.124. The van der Waals surface area contributed by atoms with E-state index >= 15 is 0 Å². The van der Waals surface area contributed by atoms with Gasteiger partial charge in [-0.15, -0.1) is 0 Å². The molecule has 0 radical (unpaired) electrons. The molecule has 6 nitrogen and oxygen atoms in total. The van der Waals surface area contributed by atoms with Crippen molar-refractivity contribution in [2.24, 2.45) is 5.41 Å². The van der Waals surface area contributed by atoms with Crippen molar-refractivity contribution >= 4 is 11.9 Å². The molecule has 0 heterocycles. The number of benzene rings is 1. The van der Waals surface area contributed by atoms with Crippen LogP contribution in [-0.2, 0) is 9.63 Å². The number of carbonyl (C=O) groups is 2. The molecule has 0 saturated carbocycles. The summed E-state index contributed by atoms with van der Waals surface area (Å²) in [5.41, 5.74) is 5.52. The third-order valence-corrected chi connectivity index (χ3v) is 2.98. The summed E-state index contributed by atoms with van der Waals surface area (Å²) in [4.78, 5) is 28.4. The lowest BCUT2D eigenvalue weighted by Gasteiger charge is -2.11. The third-order valence-electron chi connectivity index (χ3n) is 2.98. The SMILES string of the molecule is COc1cccc(C(=O)ONNC(=O)CC=CC(C)(C)C)c1C. The van der Waals surface area contributed by atoms with Gasteiger partial charge in [0.2, 0.25) is 5.91 Å². The minimum absolute atomic E-state index is 0.0179. The first-order chi connectivity index (χ1) is 10.7. The minimum atomic E-state index is -0.605. The monoisotopic (exact) mass is 320 g/mol. The van der Waals surface area contributed by atoms with Crippen molar-refractivity contribution in [3.05, 3.63) is 41.5 Å². The second kappa shape index (κ2) is 8.33. The van der Waals surface area contributed by atoms with Crippen molar-refractivity contribution in [2.75, 3.05) is 7.11 Å². The van der Waals surface area contributed by atoms with Crippen molar-refractivity contribution in [2.45, 2.75) is 34.1 Å². The number of nitrogens with one attached hydrogen (secondary N) is 2. The van der Waals surface area contributed by atoms with Crippen LogP contribution in [0.2, 0.25) is 0 Å². The largest absolute Gasteiger partial charge is 0.496 e. The van der Waals surface area contributed by atoms with Crippen LogP contribution in [0.4, 0.5) is 0 Å². The molecule has 0 spiro atoms. The Balaban J connectivity index is 2.46. The van der Waals surface area contributed by atoms with Crippen LogP contribution < -0.4 is 15.8 Å². The molecule has 1 aromatic rings. The summed E-state index contributed by atoms with van der Waals surface area (Å²) in [6.07, 6.45) is 3.91. The summed E-state index contributed by atoms with van der Waals surface area (Å²) >= 11 is 0. The Hall–Kier alpha value is -2.34. The Morgan fingerprint density at radius 2 is 1.96 bits per heavy atom. The molecule has 0 aliphatic rings. The van der Waals surface area contributed by atoms with Crippen LogP contribution in [-0.4, -0.2) is 19.0 Å². The van der Waals surface area contributed by atoms with Crippen LogP contribution in [0, 0.1) is 12.3 Å². The van der Waals surface area contributed by atoms with E-state index in [1.165, 1.54) is 7.11 Å². The molecule has 1 aromatic carbocycles. The number of ether oxygens (including phenoxy) is 1. The quantitative estimate of drug-likeness (QED) is 0.622. The van der Waals surface area contributed by atoms with Crippen molar-refractivity contribution in [1.29, 1.82) is 0 Å². The smallest absolute Gasteiger partial charge is 0.358 e. The Bertz CT molecular complexity index is 589. The van der Waals surface area contributed by atoms with Crippen molar-refractivity contribution < 1.29 is 19.2 Å². The third kappa shape index (κ3) is 6.52. The number of methoxy groups -OCH3 is 1. The molecule has 0 aliphatic carbocycles. The fourth-order valence-electron chi connectivity index (χ4n) is 1.81. The van der Waals surface area contributed by atoms with Gasteiger partial charge < -0.3 is 9.57 Å². The van der Waals surface area contributed by atoms with Gasteiger partial charge in [-0.2, -0.15) is 0 Å². The minimum Gasteiger partial charge on any atom is -0.496 e. The number of allylic oxidation sites excluding steroid dienone is 1. The number of amides is 1. The van der Waals surface area contributed by atoms with E-state index in [1.807, 2.05) is 26.8 Å². The molecule has 0 fully saturated rings. The molecule has 1 rings (SSSR count). The molecule has 1 amide bonds. The lowest BCUT2D eigenvalue weighted by atomic mass is 9.96. The van der Waals surface area contributed by atoms with Gasteiger partial charge >= 0.3 is 5.97 Å². The highest BCUT2D eigenvalue weighted by Crippen LogP contribution is 2.21. The zero-order chi connectivity index (χ0) is 17.5. The van der Waals surface area contributed by atoms with Gasteiger partial charge in [0.15, 0.2) is 0 Å². The van der Waals surface area contributed by atoms with Gasteiger partial charge in [-0.05, 0) is 24.5 Å². The Morgan fingerprint density at radius 3 is 2.57 bits per heavy atom. The summed E-state index contributed by atoms with van der Waals surface area (Å²) in [6.45, 7) is 7.87. The topological polar surface area (TPSA) is 76.7 Å². The molecule has 2 N–H and O–H groups in total. The van der Waals surface area contributed by atoms with Gasteiger partial charge in [0.05, 0.1) is 12.7 Å². The molecule has 0 aromatic heterocycles. The average molecular weight is 320 g/mol. The fraction of sp³-hybridized carbons (Fsp3) is 0.412. The number of hydrazine groups is 1. The van der Waals surface area contributed by atoms with Gasteiger partial charge in [-0.25, -0.2) is 4.79 Å². The fourth-order valence-corrected chi connectivity index (χ4v) is 1.81. The molecular formula is C17H24N2O4. The molecule has 0 atom stereocenters. The molecular weight excluding hydrogens is 296 g/mol. The molecule has 6 heteroatoms. The van der Waals surface area contributed by atoms with Crippen LogP contribution in [0.3, 0.4) is 0 Å². The molecule has 0 aliphatic heterocycles. The molecule has 0 unspecified atom stereocenters. The van der Waals surface area contributed by atoms with Gasteiger partial charge in [0.1, 0.15) is 5.75 Å². The van der Waals surface area contributed by atoms with Crippen molar-refractivity contribution in [3.8, 4) is 5.75 Å². The van der Waals surface area contributed by atoms with E-state index in [-0.39, 0.29) is 17.7 Å².